The average molecular weight is 473 g/mol. The van der Waals surface area contributed by atoms with Gasteiger partial charge in [0.1, 0.15) is 12.4 Å². The maximum absolute atomic E-state index is 12.3. The highest BCUT2D eigenvalue weighted by Gasteiger charge is 2.31. The van der Waals surface area contributed by atoms with Crippen LogP contribution >= 0.6 is 0 Å². The van der Waals surface area contributed by atoms with Gasteiger partial charge < -0.3 is 9.47 Å². The van der Waals surface area contributed by atoms with Crippen LogP contribution in [0.15, 0.2) is 66.7 Å². The van der Waals surface area contributed by atoms with Gasteiger partial charge in [-0.2, -0.15) is 0 Å². The van der Waals surface area contributed by atoms with E-state index in [2.05, 4.69) is 11.7 Å². The highest BCUT2D eigenvalue weighted by atomic mass is 19.4. The van der Waals surface area contributed by atoms with Crippen molar-refractivity contribution in [2.75, 3.05) is 0 Å². The summed E-state index contributed by atoms with van der Waals surface area (Å²) in [6.45, 7) is 2.36. The van der Waals surface area contributed by atoms with Crippen molar-refractivity contribution in [1.82, 2.24) is 0 Å². The molecule has 0 spiro atoms. The van der Waals surface area contributed by atoms with Crippen LogP contribution in [0.4, 0.5) is 18.9 Å². The number of unbranched alkanes of at least 4 members (excludes halogenated alkanes) is 3. The fourth-order valence-corrected chi connectivity index (χ4v) is 3.53. The predicted molar refractivity (Wildman–Crippen MR) is 124 cm³/mol. The van der Waals surface area contributed by atoms with Gasteiger partial charge in [0.25, 0.3) is 0 Å². The highest BCUT2D eigenvalue weighted by Crippen LogP contribution is 2.34. The minimum absolute atomic E-state index is 0.120. The molecule has 0 radical (unpaired) electrons. The van der Waals surface area contributed by atoms with Crippen LogP contribution in [0.1, 0.15) is 43.7 Å². The zero-order chi connectivity index (χ0) is 24.6. The lowest BCUT2D eigenvalue weighted by molar-refractivity contribution is -0.385. The number of benzene rings is 3. The molecule has 3 aromatic carbocycles. The van der Waals surface area contributed by atoms with Gasteiger partial charge in [0.15, 0.2) is 5.75 Å². The summed E-state index contributed by atoms with van der Waals surface area (Å²) in [6, 6.07) is 17.6. The summed E-state index contributed by atoms with van der Waals surface area (Å²) in [5, 5.41) is 11.6. The molecule has 0 atom stereocenters. The number of hydrogen-bond acceptors (Lipinski definition) is 4. The first-order chi connectivity index (χ1) is 16.2. The van der Waals surface area contributed by atoms with Crippen LogP contribution in [-0.2, 0) is 13.0 Å². The number of rotatable bonds is 11. The lowest BCUT2D eigenvalue weighted by Gasteiger charge is -2.11. The van der Waals surface area contributed by atoms with Crippen molar-refractivity contribution in [3.8, 4) is 22.6 Å². The Hall–Kier alpha value is -3.55. The summed E-state index contributed by atoms with van der Waals surface area (Å²) < 4.78 is 46.6. The Morgan fingerprint density at radius 2 is 1.50 bits per heavy atom. The maximum Gasteiger partial charge on any atom is 0.573 e. The van der Waals surface area contributed by atoms with E-state index in [0.717, 1.165) is 30.5 Å². The van der Waals surface area contributed by atoms with Crippen molar-refractivity contribution >= 4 is 5.69 Å². The van der Waals surface area contributed by atoms with Gasteiger partial charge in [-0.3, -0.25) is 10.1 Å². The number of ether oxygens (including phenoxy) is 2. The zero-order valence-electron chi connectivity index (χ0n) is 18.8. The van der Waals surface area contributed by atoms with E-state index >= 15 is 0 Å². The number of alkyl halides is 3. The Morgan fingerprint density at radius 3 is 2.12 bits per heavy atom. The van der Waals surface area contributed by atoms with Gasteiger partial charge in [-0.1, -0.05) is 68.7 Å². The molecule has 180 valence electrons. The second kappa shape index (κ2) is 11.5. The molecule has 5 nitrogen and oxygen atoms in total. The van der Waals surface area contributed by atoms with Crippen molar-refractivity contribution in [2.45, 2.75) is 52.0 Å². The molecule has 0 saturated heterocycles. The monoisotopic (exact) mass is 473 g/mol. The lowest BCUT2D eigenvalue weighted by Crippen LogP contribution is -2.16. The van der Waals surface area contributed by atoms with Gasteiger partial charge in [-0.25, -0.2) is 0 Å². The van der Waals surface area contributed by atoms with E-state index in [9.17, 15) is 23.3 Å². The molecule has 0 bridgehead atoms. The summed E-state index contributed by atoms with van der Waals surface area (Å²) in [6.07, 6.45) is 1.05. The molecule has 3 rings (SSSR count). The van der Waals surface area contributed by atoms with Crippen LogP contribution in [0.5, 0.6) is 11.5 Å². The standard InChI is InChI=1S/C26H26F3NO4/c1-2-3-4-5-6-19-7-9-20(10-8-19)18-33-25-16-13-22(17-24(25)30(31)32)21-11-14-23(15-12-21)34-26(27,28)29/h7-17H,2-6,18H2,1H3. The van der Waals surface area contributed by atoms with E-state index in [1.54, 1.807) is 6.07 Å². The van der Waals surface area contributed by atoms with E-state index in [4.69, 9.17) is 4.74 Å². The Kier molecular flexibility index (Phi) is 8.51. The SMILES string of the molecule is CCCCCCc1ccc(COc2ccc(-c3ccc(OC(F)(F)F)cc3)cc2[N+](=O)[O-])cc1. The molecule has 0 N–H and O–H groups in total. The van der Waals surface area contributed by atoms with Crippen molar-refractivity contribution in [1.29, 1.82) is 0 Å². The van der Waals surface area contributed by atoms with Crippen LogP contribution < -0.4 is 9.47 Å². The van der Waals surface area contributed by atoms with Crippen LogP contribution in [-0.4, -0.2) is 11.3 Å². The molecule has 0 fully saturated rings. The third-order valence-corrected chi connectivity index (χ3v) is 5.31. The third kappa shape index (κ3) is 7.50. The summed E-state index contributed by atoms with van der Waals surface area (Å²) in [5.41, 5.74) is 2.92. The van der Waals surface area contributed by atoms with Gasteiger partial charge in [-0.15, -0.1) is 13.2 Å². The zero-order valence-corrected chi connectivity index (χ0v) is 18.8. The largest absolute Gasteiger partial charge is 0.573 e. The fraction of sp³-hybridized carbons (Fsp3) is 0.308. The summed E-state index contributed by atoms with van der Waals surface area (Å²) in [7, 11) is 0. The van der Waals surface area contributed by atoms with E-state index in [0.29, 0.717) is 11.1 Å². The molecule has 3 aromatic rings. The molecule has 0 aliphatic rings. The molecule has 0 aromatic heterocycles. The Balaban J connectivity index is 1.66. The molecule has 0 aliphatic heterocycles. The number of nitro groups is 1. The number of aryl methyl sites for hydroxylation is 1. The molecular formula is C26H26F3NO4. The number of halogens is 3. The number of nitrogens with zero attached hydrogens (tertiary/aromatic N) is 1. The minimum Gasteiger partial charge on any atom is -0.482 e. The number of nitro benzene ring substituents is 1. The molecular weight excluding hydrogens is 447 g/mol. The van der Waals surface area contributed by atoms with Gasteiger partial charge in [0.2, 0.25) is 0 Å². The maximum atomic E-state index is 12.3. The third-order valence-electron chi connectivity index (χ3n) is 5.31. The van der Waals surface area contributed by atoms with Gasteiger partial charge >= 0.3 is 12.0 Å². The Morgan fingerprint density at radius 1 is 0.853 bits per heavy atom. The van der Waals surface area contributed by atoms with E-state index in [-0.39, 0.29) is 23.8 Å². The van der Waals surface area contributed by atoms with Crippen LogP contribution in [0.2, 0.25) is 0 Å². The van der Waals surface area contributed by atoms with Gasteiger partial charge in [0, 0.05) is 6.07 Å². The summed E-state index contributed by atoms with van der Waals surface area (Å²) >= 11 is 0. The van der Waals surface area contributed by atoms with E-state index in [1.165, 1.54) is 49.1 Å². The first kappa shape index (κ1) is 25.1. The first-order valence-corrected chi connectivity index (χ1v) is 11.1. The Bertz CT molecular complexity index is 1080. The topological polar surface area (TPSA) is 61.6 Å². The van der Waals surface area contributed by atoms with Crippen LogP contribution in [0, 0.1) is 10.1 Å². The molecule has 0 heterocycles. The Labute approximate surface area is 196 Å². The lowest BCUT2D eigenvalue weighted by atomic mass is 10.0. The second-order valence-electron chi connectivity index (χ2n) is 7.93. The van der Waals surface area contributed by atoms with Crippen LogP contribution in [0.25, 0.3) is 11.1 Å². The van der Waals surface area contributed by atoms with Crippen molar-refractivity contribution in [2.24, 2.45) is 0 Å². The van der Waals surface area contributed by atoms with Gasteiger partial charge in [-0.05, 0) is 53.3 Å². The predicted octanol–water partition coefficient (Wildman–Crippen LogP) is 7.86. The summed E-state index contributed by atoms with van der Waals surface area (Å²) in [4.78, 5) is 11.1. The van der Waals surface area contributed by atoms with E-state index in [1.807, 2.05) is 24.3 Å². The molecule has 34 heavy (non-hydrogen) atoms. The van der Waals surface area contributed by atoms with Crippen molar-refractivity contribution in [3.05, 3.63) is 88.0 Å². The van der Waals surface area contributed by atoms with Crippen molar-refractivity contribution in [3.63, 3.8) is 0 Å². The van der Waals surface area contributed by atoms with Crippen LogP contribution in [0.3, 0.4) is 0 Å². The van der Waals surface area contributed by atoms with Gasteiger partial charge in [0.05, 0.1) is 4.92 Å². The average Bonchev–Trinajstić information content (AvgIpc) is 2.80. The second-order valence-corrected chi connectivity index (χ2v) is 7.93. The number of hydrogen-bond donors (Lipinski definition) is 0. The normalized spacial score (nSPS) is 11.3. The fourth-order valence-electron chi connectivity index (χ4n) is 3.53. The quantitative estimate of drug-likeness (QED) is 0.162. The first-order valence-electron chi connectivity index (χ1n) is 11.1. The smallest absolute Gasteiger partial charge is 0.482 e. The van der Waals surface area contributed by atoms with Crippen molar-refractivity contribution < 1.29 is 27.6 Å². The minimum atomic E-state index is -4.78. The molecule has 0 unspecified atom stereocenters. The molecule has 0 aliphatic carbocycles. The van der Waals surface area contributed by atoms with E-state index < -0.39 is 11.3 Å². The molecule has 8 heteroatoms. The molecule has 0 amide bonds. The highest BCUT2D eigenvalue weighted by molar-refractivity contribution is 5.69. The summed E-state index contributed by atoms with van der Waals surface area (Å²) in [5.74, 6) is -0.243. The molecule has 0 saturated carbocycles.